The van der Waals surface area contributed by atoms with Crippen molar-refractivity contribution in [3.8, 4) is 0 Å². The predicted molar refractivity (Wildman–Crippen MR) is 68.8 cm³/mol. The lowest BCUT2D eigenvalue weighted by molar-refractivity contribution is -0.117. The Labute approximate surface area is 105 Å². The van der Waals surface area contributed by atoms with E-state index in [9.17, 15) is 4.79 Å². The number of nitrogens with zero attached hydrogens (tertiary/aromatic N) is 2. The van der Waals surface area contributed by atoms with Gasteiger partial charge in [-0.05, 0) is 12.0 Å². The van der Waals surface area contributed by atoms with Gasteiger partial charge in [0.15, 0.2) is 0 Å². The Morgan fingerprint density at radius 2 is 1.89 bits per heavy atom. The number of aromatic nitrogens is 2. The maximum Gasteiger partial charge on any atom is 0.241 e. The molecule has 0 unspecified atom stereocenters. The van der Waals surface area contributed by atoms with Gasteiger partial charge in [0.2, 0.25) is 5.91 Å². The third-order valence-corrected chi connectivity index (χ3v) is 2.46. The Kier molecular flexibility index (Phi) is 3.98. The zero-order chi connectivity index (χ0) is 12.8. The summed E-state index contributed by atoms with van der Waals surface area (Å²) in [4.78, 5) is 19.5. The van der Waals surface area contributed by atoms with E-state index in [2.05, 4.69) is 15.3 Å². The number of amides is 1. The minimum atomic E-state index is -0.590. The third kappa shape index (κ3) is 3.36. The van der Waals surface area contributed by atoms with Gasteiger partial charge < -0.3 is 11.1 Å². The summed E-state index contributed by atoms with van der Waals surface area (Å²) in [6, 6.07) is 9.07. The second-order valence-electron chi connectivity index (χ2n) is 3.91. The highest BCUT2D eigenvalue weighted by Crippen LogP contribution is 2.05. The van der Waals surface area contributed by atoms with E-state index in [0.29, 0.717) is 12.1 Å². The smallest absolute Gasteiger partial charge is 0.241 e. The molecule has 2 rings (SSSR count). The van der Waals surface area contributed by atoms with Crippen molar-refractivity contribution in [2.75, 3.05) is 5.32 Å². The van der Waals surface area contributed by atoms with Crippen LogP contribution in [0.25, 0.3) is 0 Å². The van der Waals surface area contributed by atoms with Gasteiger partial charge in [0, 0.05) is 0 Å². The van der Waals surface area contributed by atoms with E-state index in [0.717, 1.165) is 5.56 Å². The number of hydrogen-bond donors (Lipinski definition) is 2. The van der Waals surface area contributed by atoms with Gasteiger partial charge in [-0.3, -0.25) is 4.79 Å². The van der Waals surface area contributed by atoms with Gasteiger partial charge in [-0.15, -0.1) is 0 Å². The average Bonchev–Trinajstić information content (AvgIpc) is 2.41. The fourth-order valence-corrected chi connectivity index (χ4v) is 1.56. The fourth-order valence-electron chi connectivity index (χ4n) is 1.56. The van der Waals surface area contributed by atoms with E-state index in [1.54, 1.807) is 0 Å². The molecule has 2 aromatic rings. The van der Waals surface area contributed by atoms with Gasteiger partial charge in [0.25, 0.3) is 0 Å². The van der Waals surface area contributed by atoms with Gasteiger partial charge in [-0.1, -0.05) is 30.3 Å². The summed E-state index contributed by atoms with van der Waals surface area (Å²) < 4.78 is 0. The molecule has 1 aromatic carbocycles. The number of benzene rings is 1. The van der Waals surface area contributed by atoms with Gasteiger partial charge in [-0.25, -0.2) is 9.97 Å². The molecule has 0 saturated carbocycles. The first-order valence-electron chi connectivity index (χ1n) is 5.61. The lowest BCUT2D eigenvalue weighted by Gasteiger charge is -2.11. The molecule has 0 bridgehead atoms. The Hall–Kier alpha value is -2.27. The molecule has 5 nitrogen and oxygen atoms in total. The molecule has 0 radical (unpaired) electrons. The second kappa shape index (κ2) is 5.88. The Morgan fingerprint density at radius 3 is 2.56 bits per heavy atom. The monoisotopic (exact) mass is 242 g/mol. The maximum absolute atomic E-state index is 11.8. The molecule has 0 saturated heterocycles. The van der Waals surface area contributed by atoms with E-state index in [-0.39, 0.29) is 5.91 Å². The van der Waals surface area contributed by atoms with Crippen LogP contribution in [-0.4, -0.2) is 21.9 Å². The first kappa shape index (κ1) is 12.2. The minimum Gasteiger partial charge on any atom is -0.322 e. The molecule has 0 fully saturated rings. The number of rotatable bonds is 4. The first-order chi connectivity index (χ1) is 8.75. The Bertz CT molecular complexity index is 501. The molecule has 1 amide bonds. The quantitative estimate of drug-likeness (QED) is 0.837. The molecule has 1 aromatic heterocycles. The van der Waals surface area contributed by atoms with Crippen molar-refractivity contribution in [3.63, 3.8) is 0 Å². The van der Waals surface area contributed by atoms with Crippen LogP contribution in [0.2, 0.25) is 0 Å². The summed E-state index contributed by atoms with van der Waals surface area (Å²) in [6.45, 7) is 0. The van der Waals surface area contributed by atoms with Crippen LogP contribution < -0.4 is 11.1 Å². The molecule has 0 spiro atoms. The van der Waals surface area contributed by atoms with Crippen molar-refractivity contribution >= 4 is 11.6 Å². The molecular formula is C13H14N4O. The summed E-state index contributed by atoms with van der Waals surface area (Å²) in [5, 5.41) is 2.67. The van der Waals surface area contributed by atoms with E-state index in [4.69, 9.17) is 5.73 Å². The summed E-state index contributed by atoms with van der Waals surface area (Å²) in [5.41, 5.74) is 7.42. The fraction of sp³-hybridized carbons (Fsp3) is 0.154. The lowest BCUT2D eigenvalue weighted by atomic mass is 10.1. The molecule has 1 heterocycles. The van der Waals surface area contributed by atoms with Gasteiger partial charge in [0.05, 0.1) is 24.1 Å². The second-order valence-corrected chi connectivity index (χ2v) is 3.91. The van der Waals surface area contributed by atoms with Crippen LogP contribution in [-0.2, 0) is 11.2 Å². The number of carbonyl (C=O) groups is 1. The van der Waals surface area contributed by atoms with E-state index >= 15 is 0 Å². The number of carbonyl (C=O) groups excluding carboxylic acids is 1. The number of hydrogen-bond acceptors (Lipinski definition) is 4. The highest BCUT2D eigenvalue weighted by molar-refractivity contribution is 5.94. The molecule has 0 aliphatic carbocycles. The predicted octanol–water partition coefficient (Wildman–Crippen LogP) is 0.985. The minimum absolute atomic E-state index is 0.242. The normalized spacial score (nSPS) is 11.8. The molecule has 0 aliphatic rings. The molecule has 3 N–H and O–H groups in total. The highest BCUT2D eigenvalue weighted by atomic mass is 16.2. The molecule has 0 aliphatic heterocycles. The van der Waals surface area contributed by atoms with Crippen molar-refractivity contribution in [2.24, 2.45) is 5.73 Å². The summed E-state index contributed by atoms with van der Waals surface area (Å²) in [7, 11) is 0. The maximum atomic E-state index is 11.8. The SMILES string of the molecule is N[C@H](Cc1ccccc1)C(=O)Nc1cncnc1. The lowest BCUT2D eigenvalue weighted by Crippen LogP contribution is -2.37. The zero-order valence-corrected chi connectivity index (χ0v) is 9.78. The van der Waals surface area contributed by atoms with Gasteiger partial charge in [-0.2, -0.15) is 0 Å². The topological polar surface area (TPSA) is 80.9 Å². The van der Waals surface area contributed by atoms with E-state index < -0.39 is 6.04 Å². The van der Waals surface area contributed by atoms with Crippen LogP contribution >= 0.6 is 0 Å². The Morgan fingerprint density at radius 1 is 1.22 bits per heavy atom. The van der Waals surface area contributed by atoms with Crippen LogP contribution in [0, 0.1) is 0 Å². The van der Waals surface area contributed by atoms with E-state index in [1.807, 2.05) is 30.3 Å². The molecule has 5 heteroatoms. The van der Waals surface area contributed by atoms with Gasteiger partial charge >= 0.3 is 0 Å². The van der Waals surface area contributed by atoms with E-state index in [1.165, 1.54) is 18.7 Å². The van der Waals surface area contributed by atoms with Crippen LogP contribution in [0.15, 0.2) is 49.1 Å². The van der Waals surface area contributed by atoms with Crippen molar-refractivity contribution < 1.29 is 4.79 Å². The molecule has 92 valence electrons. The number of anilines is 1. The summed E-state index contributed by atoms with van der Waals surface area (Å²) in [6.07, 6.45) is 4.96. The third-order valence-electron chi connectivity index (χ3n) is 2.46. The number of nitrogens with one attached hydrogen (secondary N) is 1. The highest BCUT2D eigenvalue weighted by Gasteiger charge is 2.14. The van der Waals surface area contributed by atoms with Crippen molar-refractivity contribution in [1.29, 1.82) is 0 Å². The van der Waals surface area contributed by atoms with Crippen LogP contribution in [0.1, 0.15) is 5.56 Å². The average molecular weight is 242 g/mol. The van der Waals surface area contributed by atoms with Crippen LogP contribution in [0.4, 0.5) is 5.69 Å². The van der Waals surface area contributed by atoms with Gasteiger partial charge in [0.1, 0.15) is 6.33 Å². The Balaban J connectivity index is 1.93. The molecular weight excluding hydrogens is 228 g/mol. The van der Waals surface area contributed by atoms with Crippen molar-refractivity contribution in [3.05, 3.63) is 54.6 Å². The standard InChI is InChI=1S/C13H14N4O/c14-12(6-10-4-2-1-3-5-10)13(18)17-11-7-15-9-16-8-11/h1-5,7-9,12H,6,14H2,(H,17,18)/t12-/m1/s1. The first-order valence-corrected chi connectivity index (χ1v) is 5.61. The molecule has 1 atom stereocenters. The van der Waals surface area contributed by atoms with Crippen LogP contribution in [0.5, 0.6) is 0 Å². The van der Waals surface area contributed by atoms with Crippen molar-refractivity contribution in [2.45, 2.75) is 12.5 Å². The summed E-state index contributed by atoms with van der Waals surface area (Å²) >= 11 is 0. The zero-order valence-electron chi connectivity index (χ0n) is 9.78. The van der Waals surface area contributed by atoms with Crippen LogP contribution in [0.3, 0.4) is 0 Å². The molecule has 18 heavy (non-hydrogen) atoms. The summed E-state index contributed by atoms with van der Waals surface area (Å²) in [5.74, 6) is -0.242. The van der Waals surface area contributed by atoms with Crippen molar-refractivity contribution in [1.82, 2.24) is 9.97 Å². The largest absolute Gasteiger partial charge is 0.322 e. The number of nitrogens with two attached hydrogens (primary N) is 1.